The molecule has 1 heterocycles. The average Bonchev–Trinajstić information content (AvgIpc) is 2.86. The molecule has 0 aliphatic rings. The lowest BCUT2D eigenvalue weighted by atomic mass is 10.1. The Morgan fingerprint density at radius 1 is 1.26 bits per heavy atom. The molecule has 1 aromatic heterocycles. The van der Waals surface area contributed by atoms with E-state index in [1.165, 1.54) is 0 Å². The van der Waals surface area contributed by atoms with Crippen molar-refractivity contribution in [3.63, 3.8) is 0 Å². The number of nitrogens with zero attached hydrogens (tertiary/aromatic N) is 4. The average molecular weight is 261 g/mol. The fraction of sp³-hybridized carbons (Fsp3) is 0.462. The Bertz CT molecular complexity index is 564. The van der Waals surface area contributed by atoms with Crippen LogP contribution in [-0.4, -0.2) is 27.3 Å². The summed E-state index contributed by atoms with van der Waals surface area (Å²) in [7, 11) is 1.61. The fourth-order valence-corrected chi connectivity index (χ4v) is 1.82. The zero-order chi connectivity index (χ0) is 14.0. The van der Waals surface area contributed by atoms with Crippen LogP contribution in [0, 0.1) is 5.92 Å². The van der Waals surface area contributed by atoms with Crippen LogP contribution >= 0.6 is 0 Å². The zero-order valence-corrected chi connectivity index (χ0v) is 11.7. The molecule has 1 aromatic carbocycles. The van der Waals surface area contributed by atoms with Gasteiger partial charge in [0.25, 0.3) is 0 Å². The highest BCUT2D eigenvalue weighted by molar-refractivity contribution is 5.67. The Hall–Kier alpha value is -2.11. The highest BCUT2D eigenvalue weighted by Crippen LogP contribution is 2.32. The summed E-state index contributed by atoms with van der Waals surface area (Å²) < 4.78 is 7.17. The topological polar surface area (TPSA) is 78.8 Å². The second kappa shape index (κ2) is 5.26. The van der Waals surface area contributed by atoms with E-state index in [1.54, 1.807) is 13.2 Å². The monoisotopic (exact) mass is 261 g/mol. The van der Waals surface area contributed by atoms with E-state index in [-0.39, 0.29) is 6.04 Å². The first-order valence-electron chi connectivity index (χ1n) is 6.26. The van der Waals surface area contributed by atoms with Gasteiger partial charge in [0.15, 0.2) is 5.82 Å². The minimum absolute atomic E-state index is 0.201. The molecule has 0 bridgehead atoms. The Kier molecular flexibility index (Phi) is 3.69. The predicted molar refractivity (Wildman–Crippen MR) is 73.8 cm³/mol. The number of nitrogens with two attached hydrogens (primary N) is 1. The Labute approximate surface area is 112 Å². The number of anilines is 1. The van der Waals surface area contributed by atoms with Gasteiger partial charge < -0.3 is 10.5 Å². The Morgan fingerprint density at radius 2 is 2.00 bits per heavy atom. The molecule has 2 rings (SSSR count). The van der Waals surface area contributed by atoms with Crippen molar-refractivity contribution in [2.45, 2.75) is 26.8 Å². The largest absolute Gasteiger partial charge is 0.496 e. The molecule has 0 radical (unpaired) electrons. The van der Waals surface area contributed by atoms with Gasteiger partial charge in [0.05, 0.1) is 18.7 Å². The Balaban J connectivity index is 2.51. The molecule has 2 N–H and O–H groups in total. The number of methoxy groups -OCH3 is 1. The van der Waals surface area contributed by atoms with E-state index in [4.69, 9.17) is 10.5 Å². The number of aromatic nitrogens is 4. The van der Waals surface area contributed by atoms with Crippen molar-refractivity contribution in [3.05, 3.63) is 18.2 Å². The summed E-state index contributed by atoms with van der Waals surface area (Å²) in [4.78, 5) is 0. The summed E-state index contributed by atoms with van der Waals surface area (Å²) in [6.07, 6.45) is 0. The van der Waals surface area contributed by atoms with Crippen LogP contribution < -0.4 is 10.5 Å². The lowest BCUT2D eigenvalue weighted by Gasteiger charge is -2.17. The number of hydrogen-bond donors (Lipinski definition) is 1. The lowest BCUT2D eigenvalue weighted by Crippen LogP contribution is -2.14. The van der Waals surface area contributed by atoms with Gasteiger partial charge in [0, 0.05) is 11.8 Å². The smallest absolute Gasteiger partial charge is 0.186 e. The molecule has 1 atom stereocenters. The van der Waals surface area contributed by atoms with Crippen molar-refractivity contribution in [2.75, 3.05) is 12.8 Å². The summed E-state index contributed by atoms with van der Waals surface area (Å²) in [5.41, 5.74) is 7.26. The van der Waals surface area contributed by atoms with Crippen LogP contribution in [0.4, 0.5) is 5.69 Å². The molecule has 6 nitrogen and oxygen atoms in total. The maximum absolute atomic E-state index is 5.76. The molecular formula is C13H19N5O. The van der Waals surface area contributed by atoms with Gasteiger partial charge in [-0.3, -0.25) is 0 Å². The van der Waals surface area contributed by atoms with Gasteiger partial charge in [-0.2, -0.15) is 0 Å². The first-order valence-corrected chi connectivity index (χ1v) is 6.26. The van der Waals surface area contributed by atoms with E-state index in [2.05, 4.69) is 36.3 Å². The first kappa shape index (κ1) is 13.3. The third-order valence-electron chi connectivity index (χ3n) is 3.31. The molecule has 102 valence electrons. The van der Waals surface area contributed by atoms with E-state index in [9.17, 15) is 0 Å². The molecule has 0 aliphatic carbocycles. The molecule has 0 spiro atoms. The number of nitrogen functional groups attached to an aromatic ring is 1. The van der Waals surface area contributed by atoms with E-state index in [1.807, 2.05) is 16.8 Å². The normalized spacial score (nSPS) is 12.7. The van der Waals surface area contributed by atoms with Gasteiger partial charge in [-0.05, 0) is 35.4 Å². The molecule has 2 aromatic rings. The maximum atomic E-state index is 5.76. The van der Waals surface area contributed by atoms with Crippen LogP contribution in [0.5, 0.6) is 5.75 Å². The number of tetrazole rings is 1. The quantitative estimate of drug-likeness (QED) is 0.853. The van der Waals surface area contributed by atoms with Crippen molar-refractivity contribution >= 4 is 5.69 Å². The SMILES string of the molecule is COc1cc(N)ccc1-c1nnnn1C(C)C(C)C. The molecule has 0 fully saturated rings. The summed E-state index contributed by atoms with van der Waals surface area (Å²) in [5.74, 6) is 1.80. The van der Waals surface area contributed by atoms with Crippen LogP contribution in [0.1, 0.15) is 26.8 Å². The highest BCUT2D eigenvalue weighted by Gasteiger charge is 2.19. The van der Waals surface area contributed by atoms with E-state index in [0.29, 0.717) is 23.2 Å². The molecule has 0 amide bonds. The second-order valence-electron chi connectivity index (χ2n) is 4.89. The maximum Gasteiger partial charge on any atom is 0.186 e. The summed E-state index contributed by atoms with van der Waals surface area (Å²) >= 11 is 0. The Morgan fingerprint density at radius 3 is 2.63 bits per heavy atom. The summed E-state index contributed by atoms with van der Waals surface area (Å²) in [6.45, 7) is 6.36. The molecular weight excluding hydrogens is 242 g/mol. The van der Waals surface area contributed by atoms with Gasteiger partial charge in [0.2, 0.25) is 0 Å². The van der Waals surface area contributed by atoms with Gasteiger partial charge in [-0.15, -0.1) is 5.10 Å². The third-order valence-corrected chi connectivity index (χ3v) is 3.31. The van der Waals surface area contributed by atoms with Crippen LogP contribution in [0.15, 0.2) is 18.2 Å². The van der Waals surface area contributed by atoms with Crippen LogP contribution in [0.25, 0.3) is 11.4 Å². The van der Waals surface area contributed by atoms with Gasteiger partial charge in [0.1, 0.15) is 5.75 Å². The van der Waals surface area contributed by atoms with Crippen molar-refractivity contribution in [3.8, 4) is 17.1 Å². The molecule has 19 heavy (non-hydrogen) atoms. The minimum Gasteiger partial charge on any atom is -0.496 e. The van der Waals surface area contributed by atoms with Crippen molar-refractivity contribution in [1.29, 1.82) is 0 Å². The number of benzene rings is 1. The number of rotatable bonds is 4. The summed E-state index contributed by atoms with van der Waals surface area (Å²) in [5, 5.41) is 12.0. The highest BCUT2D eigenvalue weighted by atomic mass is 16.5. The van der Waals surface area contributed by atoms with Gasteiger partial charge in [-0.25, -0.2) is 4.68 Å². The number of hydrogen-bond acceptors (Lipinski definition) is 5. The molecule has 0 aliphatic heterocycles. The van der Waals surface area contributed by atoms with Crippen LogP contribution in [0.3, 0.4) is 0 Å². The molecule has 0 saturated heterocycles. The van der Waals surface area contributed by atoms with Gasteiger partial charge >= 0.3 is 0 Å². The fourth-order valence-electron chi connectivity index (χ4n) is 1.82. The van der Waals surface area contributed by atoms with E-state index < -0.39 is 0 Å². The van der Waals surface area contributed by atoms with Crippen molar-refractivity contribution in [2.24, 2.45) is 5.92 Å². The first-order chi connectivity index (χ1) is 9.04. The minimum atomic E-state index is 0.201. The summed E-state index contributed by atoms with van der Waals surface area (Å²) in [6, 6.07) is 5.67. The standard InChI is InChI=1S/C13H19N5O/c1-8(2)9(3)18-13(15-16-17-18)11-6-5-10(14)7-12(11)19-4/h5-9H,14H2,1-4H3. The van der Waals surface area contributed by atoms with Crippen LogP contribution in [0.2, 0.25) is 0 Å². The van der Waals surface area contributed by atoms with Crippen LogP contribution in [-0.2, 0) is 0 Å². The lowest BCUT2D eigenvalue weighted by molar-refractivity contribution is 0.370. The van der Waals surface area contributed by atoms with E-state index >= 15 is 0 Å². The van der Waals surface area contributed by atoms with Crippen molar-refractivity contribution in [1.82, 2.24) is 20.2 Å². The predicted octanol–water partition coefficient (Wildman–Crippen LogP) is 2.15. The number of ether oxygens (including phenoxy) is 1. The zero-order valence-electron chi connectivity index (χ0n) is 11.7. The van der Waals surface area contributed by atoms with Crippen molar-refractivity contribution < 1.29 is 4.74 Å². The van der Waals surface area contributed by atoms with Gasteiger partial charge in [-0.1, -0.05) is 13.8 Å². The molecule has 0 saturated carbocycles. The molecule has 6 heteroatoms. The van der Waals surface area contributed by atoms with E-state index in [0.717, 1.165) is 5.56 Å². The second-order valence-corrected chi connectivity index (χ2v) is 4.89. The molecule has 1 unspecified atom stereocenters. The third kappa shape index (κ3) is 2.52.